The summed E-state index contributed by atoms with van der Waals surface area (Å²) in [6, 6.07) is 3.30. The predicted molar refractivity (Wildman–Crippen MR) is 76.0 cm³/mol. The molecule has 0 aromatic heterocycles. The molecule has 21 heavy (non-hydrogen) atoms. The highest BCUT2D eigenvalue weighted by atomic mass is 19.1. The van der Waals surface area contributed by atoms with Crippen LogP contribution >= 0.6 is 0 Å². The van der Waals surface area contributed by atoms with E-state index in [0.717, 1.165) is 24.7 Å². The maximum atomic E-state index is 13.5. The molecule has 1 fully saturated rings. The molecule has 1 aromatic rings. The van der Waals surface area contributed by atoms with Gasteiger partial charge in [0.1, 0.15) is 5.82 Å². The summed E-state index contributed by atoms with van der Waals surface area (Å²) in [6.45, 7) is 1.16. The van der Waals surface area contributed by atoms with E-state index in [9.17, 15) is 14.0 Å². The largest absolute Gasteiger partial charge is 0.478 e. The average Bonchev–Trinajstić information content (AvgIpc) is 3.25. The van der Waals surface area contributed by atoms with Crippen molar-refractivity contribution in [3.8, 4) is 0 Å². The Labute approximate surface area is 121 Å². The number of aromatic carboxylic acids is 1. The number of rotatable bonds is 6. The second-order valence-electron chi connectivity index (χ2n) is 5.09. The van der Waals surface area contributed by atoms with Gasteiger partial charge in [-0.1, -0.05) is 0 Å². The first-order chi connectivity index (χ1) is 9.97. The zero-order valence-electron chi connectivity index (χ0n) is 11.7. The molecule has 1 saturated carbocycles. The van der Waals surface area contributed by atoms with E-state index in [-0.39, 0.29) is 11.3 Å². The Morgan fingerprint density at radius 3 is 2.76 bits per heavy atom. The van der Waals surface area contributed by atoms with Crippen LogP contribution < -0.4 is 10.6 Å². The molecule has 0 radical (unpaired) electrons. The molecule has 0 heterocycles. The number of likely N-dealkylation sites (N-methyl/N-ethyl adjacent to an activating group) is 1. The zero-order valence-corrected chi connectivity index (χ0v) is 11.7. The number of anilines is 1. The van der Waals surface area contributed by atoms with Crippen LogP contribution in [0.25, 0.3) is 0 Å². The molecule has 0 unspecified atom stereocenters. The van der Waals surface area contributed by atoms with Crippen molar-refractivity contribution in [2.75, 3.05) is 25.5 Å². The second kappa shape index (κ2) is 6.53. The van der Waals surface area contributed by atoms with Crippen LogP contribution in [0.2, 0.25) is 0 Å². The summed E-state index contributed by atoms with van der Waals surface area (Å²) in [5.41, 5.74) is -0.233. The van der Waals surface area contributed by atoms with E-state index in [1.165, 1.54) is 12.8 Å². The van der Waals surface area contributed by atoms with Crippen LogP contribution in [0.1, 0.15) is 23.2 Å². The standard InChI is InChI=1S/C14H18FN3O3/c1-18(10-3-4-10)7-6-16-14(21)17-12-8-9(13(19)20)2-5-11(12)15/h2,5,8,10H,3-4,6-7H2,1H3,(H,19,20)(H2,16,17,21). The van der Waals surface area contributed by atoms with Crippen molar-refractivity contribution >= 4 is 17.7 Å². The molecule has 0 spiro atoms. The number of halogens is 1. The highest BCUT2D eigenvalue weighted by Crippen LogP contribution is 2.24. The van der Waals surface area contributed by atoms with Gasteiger partial charge in [0, 0.05) is 19.1 Å². The molecule has 1 aromatic carbocycles. The first kappa shape index (κ1) is 15.2. The van der Waals surface area contributed by atoms with Crippen molar-refractivity contribution in [1.29, 1.82) is 0 Å². The third-order valence-electron chi connectivity index (χ3n) is 3.38. The van der Waals surface area contributed by atoms with E-state index in [0.29, 0.717) is 12.6 Å². The van der Waals surface area contributed by atoms with Gasteiger partial charge in [-0.2, -0.15) is 0 Å². The Hall–Kier alpha value is -2.15. The Morgan fingerprint density at radius 2 is 2.14 bits per heavy atom. The number of carbonyl (C=O) groups excluding carboxylic acids is 1. The number of carbonyl (C=O) groups is 2. The SMILES string of the molecule is CN(CCNC(=O)Nc1cc(C(=O)O)ccc1F)C1CC1. The molecule has 2 rings (SSSR count). The van der Waals surface area contributed by atoms with Crippen molar-refractivity contribution in [2.24, 2.45) is 0 Å². The maximum absolute atomic E-state index is 13.5. The van der Waals surface area contributed by atoms with Gasteiger partial charge in [0.15, 0.2) is 0 Å². The molecular formula is C14H18FN3O3. The molecule has 0 atom stereocenters. The lowest BCUT2D eigenvalue weighted by Crippen LogP contribution is -2.36. The van der Waals surface area contributed by atoms with Gasteiger partial charge >= 0.3 is 12.0 Å². The van der Waals surface area contributed by atoms with Crippen LogP contribution in [0.3, 0.4) is 0 Å². The molecule has 0 aliphatic heterocycles. The highest BCUT2D eigenvalue weighted by Gasteiger charge is 2.25. The third-order valence-corrected chi connectivity index (χ3v) is 3.38. The van der Waals surface area contributed by atoms with E-state index in [2.05, 4.69) is 15.5 Å². The van der Waals surface area contributed by atoms with Crippen molar-refractivity contribution in [3.05, 3.63) is 29.6 Å². The Bertz CT molecular complexity index is 546. The third kappa shape index (κ3) is 4.42. The minimum Gasteiger partial charge on any atom is -0.478 e. The van der Waals surface area contributed by atoms with Crippen LogP contribution in [-0.4, -0.2) is 48.2 Å². The number of nitrogens with one attached hydrogen (secondary N) is 2. The fourth-order valence-electron chi connectivity index (χ4n) is 1.96. The molecule has 0 bridgehead atoms. The van der Waals surface area contributed by atoms with Crippen molar-refractivity contribution < 1.29 is 19.1 Å². The van der Waals surface area contributed by atoms with E-state index in [1.807, 2.05) is 7.05 Å². The van der Waals surface area contributed by atoms with Crippen LogP contribution in [-0.2, 0) is 0 Å². The number of nitrogens with zero attached hydrogens (tertiary/aromatic N) is 1. The zero-order chi connectivity index (χ0) is 15.4. The number of hydrogen-bond acceptors (Lipinski definition) is 3. The van der Waals surface area contributed by atoms with Gasteiger partial charge in [-0.05, 0) is 38.1 Å². The minimum absolute atomic E-state index is 0.0832. The molecular weight excluding hydrogens is 277 g/mol. The number of carboxylic acids is 1. The summed E-state index contributed by atoms with van der Waals surface area (Å²) in [5, 5.41) is 13.8. The molecule has 2 amide bonds. The molecule has 114 valence electrons. The number of benzene rings is 1. The lowest BCUT2D eigenvalue weighted by molar-refractivity contribution is 0.0697. The fraction of sp³-hybridized carbons (Fsp3) is 0.429. The fourth-order valence-corrected chi connectivity index (χ4v) is 1.96. The molecule has 0 saturated heterocycles. The molecule has 6 nitrogen and oxygen atoms in total. The number of urea groups is 1. The Morgan fingerprint density at radius 1 is 1.43 bits per heavy atom. The molecule has 1 aliphatic carbocycles. The first-order valence-electron chi connectivity index (χ1n) is 6.75. The maximum Gasteiger partial charge on any atom is 0.335 e. The van der Waals surface area contributed by atoms with Crippen molar-refractivity contribution in [1.82, 2.24) is 10.2 Å². The van der Waals surface area contributed by atoms with Gasteiger partial charge < -0.3 is 20.6 Å². The van der Waals surface area contributed by atoms with Crippen LogP contribution in [0.5, 0.6) is 0 Å². The minimum atomic E-state index is -1.18. The van der Waals surface area contributed by atoms with Gasteiger partial charge in [-0.15, -0.1) is 0 Å². The molecule has 3 N–H and O–H groups in total. The number of carboxylic acid groups (broad SMARTS) is 1. The Kier molecular flexibility index (Phi) is 4.74. The molecule has 1 aliphatic rings. The summed E-state index contributed by atoms with van der Waals surface area (Å²) in [4.78, 5) is 24.6. The van der Waals surface area contributed by atoms with Gasteiger partial charge in [-0.25, -0.2) is 14.0 Å². The van der Waals surface area contributed by atoms with Crippen LogP contribution in [0, 0.1) is 5.82 Å². The van der Waals surface area contributed by atoms with E-state index in [4.69, 9.17) is 5.11 Å². The summed E-state index contributed by atoms with van der Waals surface area (Å²) in [5.74, 6) is -1.85. The van der Waals surface area contributed by atoms with Gasteiger partial charge in [-0.3, -0.25) is 0 Å². The predicted octanol–water partition coefficient (Wildman–Crippen LogP) is 1.74. The van der Waals surface area contributed by atoms with Crippen molar-refractivity contribution in [2.45, 2.75) is 18.9 Å². The summed E-state index contributed by atoms with van der Waals surface area (Å²) in [7, 11) is 1.99. The lowest BCUT2D eigenvalue weighted by atomic mass is 10.2. The number of hydrogen-bond donors (Lipinski definition) is 3. The monoisotopic (exact) mass is 295 g/mol. The second-order valence-corrected chi connectivity index (χ2v) is 5.09. The first-order valence-corrected chi connectivity index (χ1v) is 6.75. The van der Waals surface area contributed by atoms with Gasteiger partial charge in [0.05, 0.1) is 11.3 Å². The molecule has 7 heteroatoms. The van der Waals surface area contributed by atoms with Crippen LogP contribution in [0.4, 0.5) is 14.9 Å². The average molecular weight is 295 g/mol. The summed E-state index contributed by atoms with van der Waals surface area (Å²) < 4.78 is 13.5. The normalized spacial score (nSPS) is 14.0. The van der Waals surface area contributed by atoms with Crippen LogP contribution in [0.15, 0.2) is 18.2 Å². The van der Waals surface area contributed by atoms with E-state index < -0.39 is 17.8 Å². The summed E-state index contributed by atoms with van der Waals surface area (Å²) >= 11 is 0. The van der Waals surface area contributed by atoms with E-state index in [1.54, 1.807) is 0 Å². The quantitative estimate of drug-likeness (QED) is 0.746. The van der Waals surface area contributed by atoms with Crippen molar-refractivity contribution in [3.63, 3.8) is 0 Å². The number of amides is 2. The summed E-state index contributed by atoms with van der Waals surface area (Å²) in [6.07, 6.45) is 2.38. The highest BCUT2D eigenvalue weighted by molar-refractivity contribution is 5.93. The van der Waals surface area contributed by atoms with E-state index >= 15 is 0 Å². The van der Waals surface area contributed by atoms with Gasteiger partial charge in [0.2, 0.25) is 0 Å². The topological polar surface area (TPSA) is 81.7 Å². The lowest BCUT2D eigenvalue weighted by Gasteiger charge is -2.16. The smallest absolute Gasteiger partial charge is 0.335 e. The Balaban J connectivity index is 1.83. The van der Waals surface area contributed by atoms with Gasteiger partial charge in [0.25, 0.3) is 0 Å².